The fourth-order valence-corrected chi connectivity index (χ4v) is 1.10. The third-order valence-corrected chi connectivity index (χ3v) is 1.85. The minimum absolute atomic E-state index is 0.0936. The number of benzene rings is 1. The first-order chi connectivity index (χ1) is 7.19. The highest BCUT2D eigenvalue weighted by Crippen LogP contribution is 2.22. The molecule has 1 rings (SSSR count). The van der Waals surface area contributed by atoms with Gasteiger partial charge in [-0.15, -0.1) is 0 Å². The van der Waals surface area contributed by atoms with E-state index in [2.05, 4.69) is 5.32 Å². The fraction of sp³-hybridized carbons (Fsp3) is 0.300. The lowest BCUT2D eigenvalue weighted by Crippen LogP contribution is -2.18. The van der Waals surface area contributed by atoms with E-state index in [4.69, 9.17) is 15.6 Å². The number of aliphatic hydroxyl groups is 1. The van der Waals surface area contributed by atoms with Gasteiger partial charge in [-0.3, -0.25) is 4.79 Å². The first-order valence-electron chi connectivity index (χ1n) is 4.54. The van der Waals surface area contributed by atoms with Crippen molar-refractivity contribution in [3.63, 3.8) is 0 Å². The third kappa shape index (κ3) is 2.85. The van der Waals surface area contributed by atoms with Gasteiger partial charge in [0, 0.05) is 12.6 Å². The van der Waals surface area contributed by atoms with Crippen molar-refractivity contribution in [3.05, 3.63) is 23.8 Å². The van der Waals surface area contributed by atoms with Crippen molar-refractivity contribution < 1.29 is 14.6 Å². The Hall–Kier alpha value is -1.75. The molecule has 0 radical (unpaired) electrons. The van der Waals surface area contributed by atoms with Gasteiger partial charge in [0.2, 0.25) is 0 Å². The van der Waals surface area contributed by atoms with Crippen LogP contribution in [0.3, 0.4) is 0 Å². The molecule has 0 aromatic heterocycles. The van der Waals surface area contributed by atoms with Gasteiger partial charge in [0.05, 0.1) is 12.3 Å². The van der Waals surface area contributed by atoms with Crippen LogP contribution in [0, 0.1) is 0 Å². The maximum absolute atomic E-state index is 11.3. The zero-order valence-electron chi connectivity index (χ0n) is 8.49. The summed E-state index contributed by atoms with van der Waals surface area (Å²) < 4.78 is 5.17. The molecule has 1 amide bonds. The molecule has 4 N–H and O–H groups in total. The Morgan fingerprint density at radius 3 is 2.93 bits per heavy atom. The number of hydrogen-bond acceptors (Lipinski definition) is 4. The van der Waals surface area contributed by atoms with Crippen molar-refractivity contribution >= 4 is 11.6 Å². The summed E-state index contributed by atoms with van der Waals surface area (Å²) in [5, 5.41) is 11.1. The first-order valence-corrected chi connectivity index (χ1v) is 4.54. The highest BCUT2D eigenvalue weighted by atomic mass is 16.5. The van der Waals surface area contributed by atoms with E-state index in [0.717, 1.165) is 0 Å². The average molecular weight is 210 g/mol. The standard InChI is InChI=1S/C10H14N2O3/c1-12-10(14)7-2-3-8(11)9(6-7)15-5-4-13/h2-3,6,13H,4-5,11H2,1H3,(H,12,14). The number of hydrogen-bond donors (Lipinski definition) is 3. The van der Waals surface area contributed by atoms with Gasteiger partial charge in [0.15, 0.2) is 0 Å². The van der Waals surface area contributed by atoms with E-state index < -0.39 is 0 Å². The molecule has 0 aliphatic carbocycles. The molecule has 5 heteroatoms. The SMILES string of the molecule is CNC(=O)c1ccc(N)c(OCCO)c1. The average Bonchev–Trinajstić information content (AvgIpc) is 2.27. The highest BCUT2D eigenvalue weighted by Gasteiger charge is 2.07. The molecule has 0 saturated carbocycles. The van der Waals surface area contributed by atoms with Crippen LogP contribution in [0.1, 0.15) is 10.4 Å². The molecule has 0 atom stereocenters. The van der Waals surface area contributed by atoms with E-state index in [9.17, 15) is 4.79 Å². The number of anilines is 1. The predicted molar refractivity (Wildman–Crippen MR) is 56.8 cm³/mol. The summed E-state index contributed by atoms with van der Waals surface area (Å²) in [6.45, 7) is 0.0606. The number of amides is 1. The second-order valence-electron chi connectivity index (χ2n) is 2.90. The number of nitrogens with two attached hydrogens (primary N) is 1. The second-order valence-corrected chi connectivity index (χ2v) is 2.90. The van der Waals surface area contributed by atoms with Crippen molar-refractivity contribution in [1.82, 2.24) is 5.32 Å². The monoisotopic (exact) mass is 210 g/mol. The number of carbonyl (C=O) groups is 1. The Bertz CT molecular complexity index is 353. The Labute approximate surface area is 87.9 Å². The summed E-state index contributed by atoms with van der Waals surface area (Å²) in [7, 11) is 1.55. The number of nitrogens with one attached hydrogen (secondary N) is 1. The van der Waals surface area contributed by atoms with Crippen molar-refractivity contribution in [3.8, 4) is 5.75 Å². The van der Waals surface area contributed by atoms with Crippen LogP contribution in [0.4, 0.5) is 5.69 Å². The summed E-state index contributed by atoms with van der Waals surface area (Å²) in [6.07, 6.45) is 0. The van der Waals surface area contributed by atoms with Gasteiger partial charge < -0.3 is 20.9 Å². The van der Waals surface area contributed by atoms with Gasteiger partial charge in [-0.05, 0) is 18.2 Å². The molecule has 0 heterocycles. The molecule has 1 aromatic carbocycles. The normalized spacial score (nSPS) is 9.73. The van der Waals surface area contributed by atoms with Gasteiger partial charge >= 0.3 is 0 Å². The van der Waals surface area contributed by atoms with E-state index in [0.29, 0.717) is 17.0 Å². The Morgan fingerprint density at radius 2 is 2.33 bits per heavy atom. The molecule has 0 saturated heterocycles. The minimum atomic E-state index is -0.205. The summed E-state index contributed by atoms with van der Waals surface area (Å²) in [5.74, 6) is 0.203. The molecule has 0 aliphatic heterocycles. The highest BCUT2D eigenvalue weighted by molar-refractivity contribution is 5.95. The molecule has 0 bridgehead atoms. The van der Waals surface area contributed by atoms with Crippen LogP contribution in [-0.4, -0.2) is 31.3 Å². The van der Waals surface area contributed by atoms with Crippen LogP contribution < -0.4 is 15.8 Å². The molecule has 82 valence electrons. The van der Waals surface area contributed by atoms with Crippen molar-refractivity contribution in [2.45, 2.75) is 0 Å². The Morgan fingerprint density at radius 1 is 1.60 bits per heavy atom. The summed E-state index contributed by atoms with van der Waals surface area (Å²) >= 11 is 0. The lowest BCUT2D eigenvalue weighted by Gasteiger charge is -2.09. The molecule has 1 aromatic rings. The molecule has 0 aliphatic rings. The van der Waals surface area contributed by atoms with Crippen molar-refractivity contribution in [2.75, 3.05) is 26.0 Å². The van der Waals surface area contributed by atoms with E-state index in [1.165, 1.54) is 0 Å². The van der Waals surface area contributed by atoms with E-state index in [-0.39, 0.29) is 19.1 Å². The third-order valence-electron chi connectivity index (χ3n) is 1.85. The largest absolute Gasteiger partial charge is 0.489 e. The van der Waals surface area contributed by atoms with Crippen LogP contribution >= 0.6 is 0 Å². The molecular formula is C10H14N2O3. The molecule has 5 nitrogen and oxygen atoms in total. The summed E-state index contributed by atoms with van der Waals surface area (Å²) in [4.78, 5) is 11.3. The topological polar surface area (TPSA) is 84.6 Å². The predicted octanol–water partition coefficient (Wildman–Crippen LogP) is -0.000500. The van der Waals surface area contributed by atoms with Crippen LogP contribution in [0.5, 0.6) is 5.75 Å². The molecular weight excluding hydrogens is 196 g/mol. The fourth-order valence-electron chi connectivity index (χ4n) is 1.10. The molecule has 0 spiro atoms. The van der Waals surface area contributed by atoms with Gasteiger partial charge in [-0.25, -0.2) is 0 Å². The van der Waals surface area contributed by atoms with Gasteiger partial charge in [-0.1, -0.05) is 0 Å². The van der Waals surface area contributed by atoms with Gasteiger partial charge in [-0.2, -0.15) is 0 Å². The zero-order chi connectivity index (χ0) is 11.3. The Balaban J connectivity index is 2.89. The number of aliphatic hydroxyl groups excluding tert-OH is 1. The molecule has 0 unspecified atom stereocenters. The van der Waals surface area contributed by atoms with E-state index in [1.54, 1.807) is 25.2 Å². The Kier molecular flexibility index (Phi) is 3.93. The second kappa shape index (κ2) is 5.21. The lowest BCUT2D eigenvalue weighted by atomic mass is 10.2. The smallest absolute Gasteiger partial charge is 0.251 e. The van der Waals surface area contributed by atoms with Crippen LogP contribution in [-0.2, 0) is 0 Å². The molecule has 15 heavy (non-hydrogen) atoms. The maximum Gasteiger partial charge on any atom is 0.251 e. The van der Waals surface area contributed by atoms with Gasteiger partial charge in [0.25, 0.3) is 5.91 Å². The number of rotatable bonds is 4. The summed E-state index contributed by atoms with van der Waals surface area (Å²) in [5.41, 5.74) is 6.55. The van der Waals surface area contributed by atoms with Crippen molar-refractivity contribution in [1.29, 1.82) is 0 Å². The quantitative estimate of drug-likeness (QED) is 0.611. The van der Waals surface area contributed by atoms with Crippen LogP contribution in [0.2, 0.25) is 0 Å². The number of nitrogen functional groups attached to an aromatic ring is 1. The first kappa shape index (κ1) is 11.3. The van der Waals surface area contributed by atoms with E-state index in [1.807, 2.05) is 0 Å². The molecule has 0 fully saturated rings. The number of carbonyl (C=O) groups excluding carboxylic acids is 1. The van der Waals surface area contributed by atoms with Gasteiger partial charge in [0.1, 0.15) is 12.4 Å². The van der Waals surface area contributed by atoms with Crippen LogP contribution in [0.25, 0.3) is 0 Å². The zero-order valence-corrected chi connectivity index (χ0v) is 8.49. The van der Waals surface area contributed by atoms with E-state index >= 15 is 0 Å². The minimum Gasteiger partial charge on any atom is -0.489 e. The van der Waals surface area contributed by atoms with Crippen LogP contribution in [0.15, 0.2) is 18.2 Å². The van der Waals surface area contributed by atoms with Crippen molar-refractivity contribution in [2.24, 2.45) is 0 Å². The number of ether oxygens (including phenoxy) is 1. The lowest BCUT2D eigenvalue weighted by molar-refractivity contribution is 0.0962. The summed E-state index contributed by atoms with van der Waals surface area (Å²) in [6, 6.07) is 4.75. The maximum atomic E-state index is 11.3.